The monoisotopic (exact) mass is 558 g/mol. The van der Waals surface area contributed by atoms with Crippen molar-refractivity contribution in [2.24, 2.45) is 45.3 Å². The molecule has 0 amide bonds. The Labute approximate surface area is 241 Å². The number of aliphatic hydroxyl groups excluding tert-OH is 2. The van der Waals surface area contributed by atoms with E-state index < -0.39 is 23.2 Å². The summed E-state index contributed by atoms with van der Waals surface area (Å²) in [5, 5.41) is 23.3. The highest BCUT2D eigenvalue weighted by Gasteiger charge is 2.68. The molecule has 0 bridgehead atoms. The lowest BCUT2D eigenvalue weighted by molar-refractivity contribution is -0.200. The Morgan fingerprint density at radius 1 is 1.10 bits per heavy atom. The standard InChI is InChI=1S/C34H54O6/c1-10-38-29-20(18-22(40-29)28(37)31(5,6)39-11-2)21-12-13-23-32(21,7)16-14-24-33(8)17-15-26(35)30(3,4)25(33)19-27(36)34(23,24)9/h13,15,17,20-22,24-25,27-29,36-37H,10-12,14,16,18-19H2,1-9H3/t20-,21-,22+,24+,25-,27+,28+,29+,32-,33+,34-/m0/s1. The van der Waals surface area contributed by atoms with E-state index in [9.17, 15) is 15.0 Å². The van der Waals surface area contributed by atoms with Gasteiger partial charge in [-0.15, -0.1) is 0 Å². The van der Waals surface area contributed by atoms with Crippen molar-refractivity contribution in [1.82, 2.24) is 0 Å². The van der Waals surface area contributed by atoms with Crippen molar-refractivity contribution in [2.75, 3.05) is 13.2 Å². The number of fused-ring (bicyclic) bond motifs is 5. The molecule has 0 radical (unpaired) electrons. The van der Waals surface area contributed by atoms with Gasteiger partial charge in [-0.2, -0.15) is 0 Å². The fraction of sp³-hybridized carbons (Fsp3) is 0.853. The molecule has 1 saturated heterocycles. The van der Waals surface area contributed by atoms with Crippen LogP contribution in [0.15, 0.2) is 23.8 Å². The SMILES string of the molecule is CCO[C@@H]1O[C@@H]([C@@H](O)C(C)(C)OCC)C[C@H]1[C@@H]1CC=C2[C@]3(C)[C@H](O)C[C@H]4C(C)(C)C(=O)C=C[C@]4(C)[C@H]3CC[C@]21C. The molecule has 226 valence electrons. The number of aliphatic hydroxyl groups is 2. The second kappa shape index (κ2) is 10.0. The summed E-state index contributed by atoms with van der Waals surface area (Å²) in [6.45, 7) is 20.1. The van der Waals surface area contributed by atoms with Crippen LogP contribution in [0.5, 0.6) is 0 Å². The van der Waals surface area contributed by atoms with Gasteiger partial charge in [0.25, 0.3) is 0 Å². The van der Waals surface area contributed by atoms with Crippen LogP contribution in [0, 0.1) is 45.3 Å². The van der Waals surface area contributed by atoms with Crippen molar-refractivity contribution in [3.63, 3.8) is 0 Å². The van der Waals surface area contributed by atoms with E-state index in [1.807, 2.05) is 33.8 Å². The zero-order valence-electron chi connectivity index (χ0n) is 26.3. The minimum atomic E-state index is -0.753. The first-order chi connectivity index (χ1) is 18.6. The molecule has 0 aromatic carbocycles. The van der Waals surface area contributed by atoms with Gasteiger partial charge in [0.05, 0.1) is 17.8 Å². The lowest BCUT2D eigenvalue weighted by Gasteiger charge is -2.66. The fourth-order valence-corrected chi connectivity index (χ4v) is 10.4. The van der Waals surface area contributed by atoms with E-state index in [0.29, 0.717) is 25.6 Å². The molecule has 11 atom stereocenters. The van der Waals surface area contributed by atoms with Gasteiger partial charge in [-0.1, -0.05) is 52.3 Å². The topological polar surface area (TPSA) is 85.2 Å². The van der Waals surface area contributed by atoms with Gasteiger partial charge in [0.15, 0.2) is 12.1 Å². The summed E-state index contributed by atoms with van der Waals surface area (Å²) >= 11 is 0. The second-order valence-corrected chi connectivity index (χ2v) is 15.2. The first-order valence-electron chi connectivity index (χ1n) is 15.8. The Balaban J connectivity index is 1.45. The van der Waals surface area contributed by atoms with Crippen molar-refractivity contribution < 1.29 is 29.2 Å². The molecule has 6 nitrogen and oxygen atoms in total. The number of rotatable bonds is 7. The minimum Gasteiger partial charge on any atom is -0.392 e. The molecule has 1 aliphatic heterocycles. The molecule has 0 spiro atoms. The van der Waals surface area contributed by atoms with Crippen LogP contribution in [-0.4, -0.2) is 59.4 Å². The van der Waals surface area contributed by atoms with Gasteiger partial charge in [0.1, 0.15) is 6.10 Å². The molecular formula is C34H54O6. The maximum Gasteiger partial charge on any atom is 0.161 e. The Hall–Kier alpha value is -1.05. The molecule has 3 fully saturated rings. The average Bonchev–Trinajstić information content (AvgIpc) is 3.44. The first kappa shape index (κ1) is 30.4. The van der Waals surface area contributed by atoms with Crippen LogP contribution in [0.25, 0.3) is 0 Å². The Kier molecular flexibility index (Phi) is 7.61. The Bertz CT molecular complexity index is 1060. The lowest BCUT2D eigenvalue weighted by Crippen LogP contribution is -2.63. The van der Waals surface area contributed by atoms with E-state index in [0.717, 1.165) is 25.7 Å². The van der Waals surface area contributed by atoms with E-state index >= 15 is 0 Å². The summed E-state index contributed by atoms with van der Waals surface area (Å²) in [6.07, 6.45) is 8.82. The highest BCUT2D eigenvalue weighted by molar-refractivity contribution is 5.95. The largest absolute Gasteiger partial charge is 0.392 e. The van der Waals surface area contributed by atoms with Crippen LogP contribution in [-0.2, 0) is 19.0 Å². The fourth-order valence-electron chi connectivity index (χ4n) is 10.4. The predicted octanol–water partition coefficient (Wildman–Crippen LogP) is 5.85. The summed E-state index contributed by atoms with van der Waals surface area (Å²) in [6, 6.07) is 0. The van der Waals surface area contributed by atoms with E-state index in [-0.39, 0.29) is 52.2 Å². The van der Waals surface area contributed by atoms with E-state index in [1.54, 1.807) is 0 Å². The summed E-state index contributed by atoms with van der Waals surface area (Å²) < 4.78 is 18.5. The summed E-state index contributed by atoms with van der Waals surface area (Å²) in [5.41, 5.74) is -0.375. The van der Waals surface area contributed by atoms with Crippen LogP contribution in [0.1, 0.15) is 94.4 Å². The van der Waals surface area contributed by atoms with Crippen LogP contribution < -0.4 is 0 Å². The van der Waals surface area contributed by atoms with Gasteiger partial charge in [-0.05, 0) is 94.5 Å². The van der Waals surface area contributed by atoms with Crippen LogP contribution >= 0.6 is 0 Å². The van der Waals surface area contributed by atoms with Crippen molar-refractivity contribution in [1.29, 1.82) is 0 Å². The zero-order chi connectivity index (χ0) is 29.5. The van der Waals surface area contributed by atoms with Gasteiger partial charge in [-0.25, -0.2) is 0 Å². The number of hydrogen-bond acceptors (Lipinski definition) is 6. The molecule has 5 aliphatic rings. The van der Waals surface area contributed by atoms with Gasteiger partial charge in [-0.3, -0.25) is 4.79 Å². The lowest BCUT2D eigenvalue weighted by atomic mass is 9.38. The molecule has 0 aromatic heterocycles. The quantitative estimate of drug-likeness (QED) is 0.381. The number of carbonyl (C=O) groups is 1. The van der Waals surface area contributed by atoms with Crippen molar-refractivity contribution in [3.8, 4) is 0 Å². The van der Waals surface area contributed by atoms with Crippen molar-refractivity contribution >= 4 is 5.78 Å². The highest BCUT2D eigenvalue weighted by Crippen LogP contribution is 2.72. The zero-order valence-corrected chi connectivity index (χ0v) is 26.3. The third kappa shape index (κ3) is 4.17. The van der Waals surface area contributed by atoms with Crippen LogP contribution in [0.3, 0.4) is 0 Å². The van der Waals surface area contributed by atoms with Gasteiger partial charge in [0.2, 0.25) is 0 Å². The first-order valence-corrected chi connectivity index (χ1v) is 15.8. The molecule has 0 aromatic rings. The van der Waals surface area contributed by atoms with E-state index in [2.05, 4.69) is 46.8 Å². The molecule has 6 heteroatoms. The number of carbonyl (C=O) groups excluding carboxylic acids is 1. The van der Waals surface area contributed by atoms with Crippen molar-refractivity contribution in [3.05, 3.63) is 23.8 Å². The maximum absolute atomic E-state index is 12.9. The summed E-state index contributed by atoms with van der Waals surface area (Å²) in [7, 11) is 0. The minimum absolute atomic E-state index is 0.0855. The van der Waals surface area contributed by atoms with Crippen LogP contribution in [0.4, 0.5) is 0 Å². The molecule has 40 heavy (non-hydrogen) atoms. The van der Waals surface area contributed by atoms with Gasteiger partial charge in [0, 0.05) is 30.0 Å². The van der Waals surface area contributed by atoms with E-state index in [4.69, 9.17) is 14.2 Å². The van der Waals surface area contributed by atoms with E-state index in [1.165, 1.54) is 5.57 Å². The molecule has 1 heterocycles. The van der Waals surface area contributed by atoms with Gasteiger partial charge < -0.3 is 24.4 Å². The Morgan fingerprint density at radius 3 is 2.45 bits per heavy atom. The molecule has 2 N–H and O–H groups in total. The number of ether oxygens (including phenoxy) is 3. The van der Waals surface area contributed by atoms with Gasteiger partial charge >= 0.3 is 0 Å². The smallest absolute Gasteiger partial charge is 0.161 e. The van der Waals surface area contributed by atoms with Crippen LogP contribution in [0.2, 0.25) is 0 Å². The average molecular weight is 559 g/mol. The number of allylic oxidation sites excluding steroid dienone is 3. The maximum atomic E-state index is 12.9. The second-order valence-electron chi connectivity index (χ2n) is 15.2. The molecule has 5 rings (SSSR count). The van der Waals surface area contributed by atoms with Crippen molar-refractivity contribution in [2.45, 2.75) is 125 Å². The molecule has 2 saturated carbocycles. The number of hydrogen-bond donors (Lipinski definition) is 2. The predicted molar refractivity (Wildman–Crippen MR) is 155 cm³/mol. The summed E-state index contributed by atoms with van der Waals surface area (Å²) in [4.78, 5) is 12.9. The normalized spacial score (nSPS) is 46.9. The number of ketones is 1. The highest BCUT2D eigenvalue weighted by atomic mass is 16.7. The molecule has 4 aliphatic carbocycles. The third-order valence-corrected chi connectivity index (χ3v) is 12.6. The molecule has 0 unspecified atom stereocenters. The summed E-state index contributed by atoms with van der Waals surface area (Å²) in [5.74, 6) is 1.01. The third-order valence-electron chi connectivity index (χ3n) is 12.6. The Morgan fingerprint density at radius 2 is 1.80 bits per heavy atom. The molecular weight excluding hydrogens is 504 g/mol.